The van der Waals surface area contributed by atoms with Crippen LogP contribution in [-0.2, 0) is 6.42 Å². The van der Waals surface area contributed by atoms with Gasteiger partial charge in [0.25, 0.3) is 0 Å². The summed E-state index contributed by atoms with van der Waals surface area (Å²) in [6, 6.07) is 14.3. The lowest BCUT2D eigenvalue weighted by atomic mass is 10.0. The Labute approximate surface area is 123 Å². The Morgan fingerprint density at radius 2 is 1.85 bits per heavy atom. The minimum Gasteiger partial charge on any atom is -0.494 e. The van der Waals surface area contributed by atoms with Gasteiger partial charge in [-0.1, -0.05) is 41.9 Å². The second-order valence-corrected chi connectivity index (χ2v) is 5.03. The summed E-state index contributed by atoms with van der Waals surface area (Å²) in [4.78, 5) is 0. The van der Waals surface area contributed by atoms with Crippen molar-refractivity contribution in [1.82, 2.24) is 0 Å². The van der Waals surface area contributed by atoms with Gasteiger partial charge in [-0.2, -0.15) is 0 Å². The van der Waals surface area contributed by atoms with Gasteiger partial charge in [-0.05, 0) is 36.6 Å². The number of para-hydroxylation sites is 1. The molecule has 2 N–H and O–H groups in total. The van der Waals surface area contributed by atoms with Crippen LogP contribution in [0.2, 0.25) is 5.02 Å². The van der Waals surface area contributed by atoms with Crippen molar-refractivity contribution in [1.29, 1.82) is 0 Å². The molecule has 0 spiro atoms. The number of benzene rings is 2. The van der Waals surface area contributed by atoms with Gasteiger partial charge in [0.15, 0.2) is 0 Å². The van der Waals surface area contributed by atoms with E-state index < -0.39 is 0 Å². The average molecular weight is 294 g/mol. The third-order valence-corrected chi connectivity index (χ3v) is 3.31. The van der Waals surface area contributed by atoms with Crippen molar-refractivity contribution in [2.75, 3.05) is 6.61 Å². The van der Waals surface area contributed by atoms with Crippen LogP contribution in [0.15, 0.2) is 48.5 Å². The minimum atomic E-state index is -0.381. The second kappa shape index (κ2) is 7.27. The van der Waals surface area contributed by atoms with Gasteiger partial charge in [0.1, 0.15) is 11.6 Å². The Kier molecular flexibility index (Phi) is 5.39. The van der Waals surface area contributed by atoms with Gasteiger partial charge in [0.2, 0.25) is 0 Å². The second-order valence-electron chi connectivity index (χ2n) is 4.63. The maximum absolute atomic E-state index is 13.7. The Morgan fingerprint density at radius 1 is 1.10 bits per heavy atom. The van der Waals surface area contributed by atoms with Gasteiger partial charge < -0.3 is 10.5 Å². The molecule has 0 aliphatic carbocycles. The summed E-state index contributed by atoms with van der Waals surface area (Å²) in [6.07, 6.45) is 1.10. The van der Waals surface area contributed by atoms with Crippen molar-refractivity contribution < 1.29 is 9.13 Å². The highest BCUT2D eigenvalue weighted by atomic mass is 35.5. The van der Waals surface area contributed by atoms with E-state index >= 15 is 0 Å². The zero-order valence-corrected chi connectivity index (χ0v) is 11.8. The fraction of sp³-hybridized carbons (Fsp3) is 0.250. The molecule has 2 aromatic rings. The van der Waals surface area contributed by atoms with Crippen LogP contribution in [0.25, 0.3) is 0 Å². The summed E-state index contributed by atoms with van der Waals surface area (Å²) in [5.74, 6) is 0.433. The first-order valence-electron chi connectivity index (χ1n) is 6.53. The quantitative estimate of drug-likeness (QED) is 0.879. The fourth-order valence-electron chi connectivity index (χ4n) is 1.94. The fourth-order valence-corrected chi connectivity index (χ4v) is 2.13. The van der Waals surface area contributed by atoms with Gasteiger partial charge in [0, 0.05) is 6.04 Å². The van der Waals surface area contributed by atoms with Crippen molar-refractivity contribution in [2.45, 2.75) is 18.9 Å². The molecule has 106 valence electrons. The van der Waals surface area contributed by atoms with Gasteiger partial charge >= 0.3 is 0 Å². The third kappa shape index (κ3) is 4.22. The van der Waals surface area contributed by atoms with Crippen LogP contribution in [0, 0.1) is 5.82 Å². The van der Waals surface area contributed by atoms with E-state index in [-0.39, 0.29) is 16.9 Å². The lowest BCUT2D eigenvalue weighted by Gasteiger charge is -2.13. The zero-order valence-electron chi connectivity index (χ0n) is 11.1. The molecule has 0 saturated heterocycles. The third-order valence-electron chi connectivity index (χ3n) is 3.01. The lowest BCUT2D eigenvalue weighted by Crippen LogP contribution is -2.25. The Hall–Kier alpha value is -1.58. The SMILES string of the molecule is NC(CCOc1ccccc1)Cc1cccc(Cl)c1F. The molecule has 2 nitrogen and oxygen atoms in total. The molecule has 0 aromatic heterocycles. The van der Waals surface area contributed by atoms with Crippen LogP contribution < -0.4 is 10.5 Å². The smallest absolute Gasteiger partial charge is 0.145 e. The molecule has 0 bridgehead atoms. The summed E-state index contributed by atoms with van der Waals surface area (Å²) < 4.78 is 19.3. The maximum Gasteiger partial charge on any atom is 0.145 e. The van der Waals surface area contributed by atoms with Crippen LogP contribution in [0.3, 0.4) is 0 Å². The summed E-state index contributed by atoms with van der Waals surface area (Å²) in [6.45, 7) is 0.507. The summed E-state index contributed by atoms with van der Waals surface area (Å²) in [5, 5.41) is 0.134. The Bertz CT molecular complexity index is 547. The molecule has 0 saturated carbocycles. The molecule has 0 aliphatic heterocycles. The van der Waals surface area contributed by atoms with E-state index in [0.29, 0.717) is 25.0 Å². The topological polar surface area (TPSA) is 35.2 Å². The first-order chi connectivity index (χ1) is 9.66. The lowest BCUT2D eigenvalue weighted by molar-refractivity contribution is 0.297. The molecule has 0 aliphatic rings. The number of hydrogen-bond donors (Lipinski definition) is 1. The van der Waals surface area contributed by atoms with E-state index in [1.54, 1.807) is 12.1 Å². The molecular formula is C16H17ClFNO. The number of ether oxygens (including phenoxy) is 1. The summed E-state index contributed by atoms with van der Waals surface area (Å²) in [7, 11) is 0. The van der Waals surface area contributed by atoms with E-state index in [9.17, 15) is 4.39 Å². The van der Waals surface area contributed by atoms with Crippen molar-refractivity contribution >= 4 is 11.6 Å². The maximum atomic E-state index is 13.7. The normalized spacial score (nSPS) is 12.2. The zero-order chi connectivity index (χ0) is 14.4. The standard InChI is InChI=1S/C16H17ClFNO/c17-15-8-4-5-12(16(15)18)11-13(19)9-10-20-14-6-2-1-3-7-14/h1-8,13H,9-11,19H2. The van der Waals surface area contributed by atoms with Crippen molar-refractivity contribution in [3.63, 3.8) is 0 Å². The average Bonchev–Trinajstić information content (AvgIpc) is 2.45. The molecule has 2 rings (SSSR count). The molecule has 4 heteroatoms. The van der Waals surface area contributed by atoms with E-state index in [1.165, 1.54) is 6.07 Å². The number of nitrogens with two attached hydrogens (primary N) is 1. The van der Waals surface area contributed by atoms with Crippen LogP contribution >= 0.6 is 11.6 Å². The minimum absolute atomic E-state index is 0.134. The first kappa shape index (κ1) is 14.8. The predicted molar refractivity (Wildman–Crippen MR) is 79.6 cm³/mol. The monoisotopic (exact) mass is 293 g/mol. The van der Waals surface area contributed by atoms with Crippen LogP contribution in [0.4, 0.5) is 4.39 Å². The van der Waals surface area contributed by atoms with Crippen LogP contribution in [0.5, 0.6) is 5.75 Å². The number of hydrogen-bond acceptors (Lipinski definition) is 2. The number of rotatable bonds is 6. The van der Waals surface area contributed by atoms with Gasteiger partial charge in [-0.25, -0.2) is 4.39 Å². The van der Waals surface area contributed by atoms with Crippen LogP contribution in [-0.4, -0.2) is 12.6 Å². The van der Waals surface area contributed by atoms with E-state index in [0.717, 1.165) is 5.75 Å². The molecule has 0 fully saturated rings. The van der Waals surface area contributed by atoms with Gasteiger partial charge in [-0.15, -0.1) is 0 Å². The Balaban J connectivity index is 1.81. The van der Waals surface area contributed by atoms with Gasteiger partial charge in [-0.3, -0.25) is 0 Å². The molecule has 1 atom stereocenters. The van der Waals surface area contributed by atoms with E-state index in [4.69, 9.17) is 22.1 Å². The number of halogens is 2. The molecular weight excluding hydrogens is 277 g/mol. The molecule has 2 aromatic carbocycles. The van der Waals surface area contributed by atoms with Crippen LogP contribution in [0.1, 0.15) is 12.0 Å². The highest BCUT2D eigenvalue weighted by Crippen LogP contribution is 2.19. The van der Waals surface area contributed by atoms with Crippen molar-refractivity contribution in [3.8, 4) is 5.75 Å². The highest BCUT2D eigenvalue weighted by Gasteiger charge is 2.10. The largest absolute Gasteiger partial charge is 0.494 e. The summed E-state index contributed by atoms with van der Waals surface area (Å²) >= 11 is 5.74. The van der Waals surface area contributed by atoms with E-state index in [1.807, 2.05) is 30.3 Å². The summed E-state index contributed by atoms with van der Waals surface area (Å²) in [5.41, 5.74) is 6.55. The molecule has 0 radical (unpaired) electrons. The molecule has 0 heterocycles. The van der Waals surface area contributed by atoms with Crippen molar-refractivity contribution in [3.05, 3.63) is 64.9 Å². The van der Waals surface area contributed by atoms with Gasteiger partial charge in [0.05, 0.1) is 11.6 Å². The first-order valence-corrected chi connectivity index (χ1v) is 6.91. The highest BCUT2D eigenvalue weighted by molar-refractivity contribution is 6.30. The predicted octanol–water partition coefficient (Wildman–Crippen LogP) is 3.82. The van der Waals surface area contributed by atoms with E-state index in [2.05, 4.69) is 0 Å². The van der Waals surface area contributed by atoms with Crippen molar-refractivity contribution in [2.24, 2.45) is 5.73 Å². The molecule has 0 amide bonds. The Morgan fingerprint density at radius 3 is 2.60 bits per heavy atom. The molecule has 20 heavy (non-hydrogen) atoms. The molecule has 1 unspecified atom stereocenters.